The molecule has 2 amide bonds. The van der Waals surface area contributed by atoms with E-state index in [9.17, 15) is 9.59 Å². The second-order valence-corrected chi connectivity index (χ2v) is 6.34. The molecule has 0 unspecified atom stereocenters. The summed E-state index contributed by atoms with van der Waals surface area (Å²) in [4.78, 5) is 26.3. The predicted octanol–water partition coefficient (Wildman–Crippen LogP) is 2.89. The Morgan fingerprint density at radius 3 is 2.22 bits per heavy atom. The van der Waals surface area contributed by atoms with Crippen LogP contribution in [0.2, 0.25) is 5.02 Å². The number of amides is 2. The molecule has 144 valence electrons. The standard InChI is InChI=1S/C20H23ClN2O4/c1-14(20(25)22-2)23(12-15-4-8-17(26-3)9-5-15)19(24)13-27-18-10-6-16(21)7-11-18/h4-11,14H,12-13H2,1-3H3,(H,22,25)/t14-/m0/s1. The van der Waals surface area contributed by atoms with Crippen LogP contribution in [0.15, 0.2) is 48.5 Å². The minimum Gasteiger partial charge on any atom is -0.497 e. The summed E-state index contributed by atoms with van der Waals surface area (Å²) in [5.41, 5.74) is 0.881. The van der Waals surface area contributed by atoms with Gasteiger partial charge in [-0.3, -0.25) is 9.59 Å². The second kappa shape index (κ2) is 9.83. The van der Waals surface area contributed by atoms with Crippen molar-refractivity contribution in [1.82, 2.24) is 10.2 Å². The molecule has 0 saturated heterocycles. The van der Waals surface area contributed by atoms with Gasteiger partial charge < -0.3 is 19.7 Å². The highest BCUT2D eigenvalue weighted by Crippen LogP contribution is 2.17. The number of halogens is 1. The van der Waals surface area contributed by atoms with Gasteiger partial charge in [0, 0.05) is 18.6 Å². The van der Waals surface area contributed by atoms with E-state index in [4.69, 9.17) is 21.1 Å². The number of carbonyl (C=O) groups excluding carboxylic acids is 2. The highest BCUT2D eigenvalue weighted by molar-refractivity contribution is 6.30. The number of carbonyl (C=O) groups is 2. The summed E-state index contributed by atoms with van der Waals surface area (Å²) in [6, 6.07) is 13.4. The molecule has 0 fully saturated rings. The van der Waals surface area contributed by atoms with E-state index in [0.717, 1.165) is 11.3 Å². The second-order valence-electron chi connectivity index (χ2n) is 5.90. The lowest BCUT2D eigenvalue weighted by molar-refractivity contribution is -0.142. The maximum absolute atomic E-state index is 12.7. The molecule has 0 radical (unpaired) electrons. The van der Waals surface area contributed by atoms with Crippen molar-refractivity contribution in [3.63, 3.8) is 0 Å². The zero-order valence-electron chi connectivity index (χ0n) is 15.6. The molecule has 0 aliphatic heterocycles. The number of methoxy groups -OCH3 is 1. The molecule has 27 heavy (non-hydrogen) atoms. The first-order chi connectivity index (χ1) is 12.9. The van der Waals surface area contributed by atoms with E-state index in [1.165, 1.54) is 4.90 Å². The smallest absolute Gasteiger partial charge is 0.261 e. The van der Waals surface area contributed by atoms with Crippen molar-refractivity contribution >= 4 is 23.4 Å². The molecule has 0 aromatic heterocycles. The predicted molar refractivity (Wildman–Crippen MR) is 104 cm³/mol. The maximum atomic E-state index is 12.7. The lowest BCUT2D eigenvalue weighted by atomic mass is 10.1. The topological polar surface area (TPSA) is 67.9 Å². The van der Waals surface area contributed by atoms with Crippen molar-refractivity contribution < 1.29 is 19.1 Å². The monoisotopic (exact) mass is 390 g/mol. The number of benzene rings is 2. The minimum absolute atomic E-state index is 0.181. The summed E-state index contributed by atoms with van der Waals surface area (Å²) in [7, 11) is 3.13. The lowest BCUT2D eigenvalue weighted by Crippen LogP contribution is -2.48. The van der Waals surface area contributed by atoms with Crippen LogP contribution in [0.5, 0.6) is 11.5 Å². The van der Waals surface area contributed by atoms with Crippen LogP contribution in [0, 0.1) is 0 Å². The highest BCUT2D eigenvalue weighted by atomic mass is 35.5. The van der Waals surface area contributed by atoms with Gasteiger partial charge >= 0.3 is 0 Å². The normalized spacial score (nSPS) is 11.4. The van der Waals surface area contributed by atoms with Gasteiger partial charge in [-0.25, -0.2) is 0 Å². The number of hydrogen-bond acceptors (Lipinski definition) is 4. The Hall–Kier alpha value is -2.73. The molecule has 2 aromatic carbocycles. The number of ether oxygens (including phenoxy) is 2. The Bertz CT molecular complexity index is 763. The van der Waals surface area contributed by atoms with E-state index in [2.05, 4.69) is 5.32 Å². The Labute approximate surface area is 164 Å². The molecule has 1 atom stereocenters. The van der Waals surface area contributed by atoms with Gasteiger partial charge in [0.25, 0.3) is 5.91 Å². The first-order valence-corrected chi connectivity index (χ1v) is 8.84. The number of hydrogen-bond donors (Lipinski definition) is 1. The Morgan fingerprint density at radius 1 is 1.07 bits per heavy atom. The Morgan fingerprint density at radius 2 is 1.67 bits per heavy atom. The van der Waals surface area contributed by atoms with Crippen LogP contribution in [-0.4, -0.2) is 43.5 Å². The fourth-order valence-corrected chi connectivity index (χ4v) is 2.60. The zero-order chi connectivity index (χ0) is 19.8. The van der Waals surface area contributed by atoms with E-state index < -0.39 is 6.04 Å². The average molecular weight is 391 g/mol. The number of nitrogens with zero attached hydrogens (tertiary/aromatic N) is 1. The van der Waals surface area contributed by atoms with Gasteiger partial charge in [0.1, 0.15) is 17.5 Å². The first-order valence-electron chi connectivity index (χ1n) is 8.47. The average Bonchev–Trinajstić information content (AvgIpc) is 2.70. The summed E-state index contributed by atoms with van der Waals surface area (Å²) < 4.78 is 10.7. The summed E-state index contributed by atoms with van der Waals surface area (Å²) in [5.74, 6) is 0.715. The largest absolute Gasteiger partial charge is 0.497 e. The van der Waals surface area contributed by atoms with Crippen LogP contribution in [0.3, 0.4) is 0 Å². The third-order valence-electron chi connectivity index (χ3n) is 4.10. The molecule has 0 saturated carbocycles. The van der Waals surface area contributed by atoms with Gasteiger partial charge in [-0.2, -0.15) is 0 Å². The van der Waals surface area contributed by atoms with E-state index in [1.807, 2.05) is 24.3 Å². The molecule has 0 aliphatic rings. The van der Waals surface area contributed by atoms with Crippen LogP contribution in [0.4, 0.5) is 0 Å². The maximum Gasteiger partial charge on any atom is 0.261 e. The molecule has 0 bridgehead atoms. The number of nitrogens with one attached hydrogen (secondary N) is 1. The summed E-state index contributed by atoms with van der Waals surface area (Å²) in [6.07, 6.45) is 0. The van der Waals surface area contributed by atoms with Gasteiger partial charge in [-0.1, -0.05) is 23.7 Å². The number of likely N-dealkylation sites (N-methyl/N-ethyl adjacent to an activating group) is 1. The summed E-state index contributed by atoms with van der Waals surface area (Å²) in [5, 5.41) is 3.16. The van der Waals surface area contributed by atoms with Crippen LogP contribution in [-0.2, 0) is 16.1 Å². The molecule has 7 heteroatoms. The quantitative estimate of drug-likeness (QED) is 0.752. The SMILES string of the molecule is CNC(=O)[C@H](C)N(Cc1ccc(OC)cc1)C(=O)COc1ccc(Cl)cc1. The Kier molecular flexibility index (Phi) is 7.49. The molecule has 0 aliphatic carbocycles. The molecule has 6 nitrogen and oxygen atoms in total. The molecule has 2 rings (SSSR count). The molecule has 2 aromatic rings. The fourth-order valence-electron chi connectivity index (χ4n) is 2.48. The third-order valence-corrected chi connectivity index (χ3v) is 4.35. The Balaban J connectivity index is 2.10. The molecule has 0 spiro atoms. The van der Waals surface area contributed by atoms with Crippen LogP contribution in [0.1, 0.15) is 12.5 Å². The third kappa shape index (κ3) is 5.89. The number of rotatable bonds is 8. The molecular weight excluding hydrogens is 368 g/mol. The highest BCUT2D eigenvalue weighted by Gasteiger charge is 2.25. The fraction of sp³-hybridized carbons (Fsp3) is 0.300. The van der Waals surface area contributed by atoms with E-state index >= 15 is 0 Å². The van der Waals surface area contributed by atoms with Crippen LogP contribution in [0.25, 0.3) is 0 Å². The van der Waals surface area contributed by atoms with E-state index in [0.29, 0.717) is 10.8 Å². The van der Waals surface area contributed by atoms with Crippen molar-refractivity contribution in [3.05, 3.63) is 59.1 Å². The van der Waals surface area contributed by atoms with Crippen molar-refractivity contribution in [2.24, 2.45) is 0 Å². The summed E-state index contributed by atoms with van der Waals surface area (Å²) in [6.45, 7) is 1.78. The van der Waals surface area contributed by atoms with Crippen molar-refractivity contribution in [1.29, 1.82) is 0 Å². The first kappa shape index (κ1) is 20.6. The van der Waals surface area contributed by atoms with Gasteiger partial charge in [0.2, 0.25) is 5.91 Å². The zero-order valence-corrected chi connectivity index (χ0v) is 16.3. The van der Waals surface area contributed by atoms with Crippen molar-refractivity contribution in [2.75, 3.05) is 20.8 Å². The van der Waals surface area contributed by atoms with Gasteiger partial charge in [0.05, 0.1) is 7.11 Å². The van der Waals surface area contributed by atoms with E-state index in [1.54, 1.807) is 45.3 Å². The molecular formula is C20H23ClN2O4. The van der Waals surface area contributed by atoms with Gasteiger partial charge in [-0.15, -0.1) is 0 Å². The van der Waals surface area contributed by atoms with Gasteiger partial charge in [0.15, 0.2) is 6.61 Å². The summed E-state index contributed by atoms with van der Waals surface area (Å²) >= 11 is 5.84. The lowest BCUT2D eigenvalue weighted by Gasteiger charge is -2.28. The van der Waals surface area contributed by atoms with Crippen LogP contribution >= 0.6 is 11.6 Å². The molecule has 1 N–H and O–H groups in total. The van der Waals surface area contributed by atoms with Crippen LogP contribution < -0.4 is 14.8 Å². The van der Waals surface area contributed by atoms with Gasteiger partial charge in [-0.05, 0) is 48.9 Å². The molecule has 0 heterocycles. The van der Waals surface area contributed by atoms with Crippen molar-refractivity contribution in [3.8, 4) is 11.5 Å². The van der Waals surface area contributed by atoms with E-state index in [-0.39, 0.29) is 25.0 Å². The van der Waals surface area contributed by atoms with Crippen molar-refractivity contribution in [2.45, 2.75) is 19.5 Å². The minimum atomic E-state index is -0.640.